The van der Waals surface area contributed by atoms with Gasteiger partial charge in [0.15, 0.2) is 0 Å². The zero-order valence-electron chi connectivity index (χ0n) is 23.3. The molecule has 3 aliphatic rings. The van der Waals surface area contributed by atoms with E-state index in [1.54, 1.807) is 0 Å². The zero-order chi connectivity index (χ0) is 23.8. The Labute approximate surface area is 272 Å². The number of nitrogens with zero attached hydrogens (tertiary/aromatic N) is 2. The first kappa shape index (κ1) is 34.9. The van der Waals surface area contributed by atoms with Gasteiger partial charge in [-0.15, -0.1) is 11.3 Å². The summed E-state index contributed by atoms with van der Waals surface area (Å²) >= 11 is 1.43. The molecule has 2 heterocycles. The summed E-state index contributed by atoms with van der Waals surface area (Å²) < 4.78 is 0. The summed E-state index contributed by atoms with van der Waals surface area (Å²) in [6.45, 7) is 8.84. The van der Waals surface area contributed by atoms with E-state index >= 15 is 0 Å². The summed E-state index contributed by atoms with van der Waals surface area (Å²) in [7, 11) is 2.13. The Bertz CT molecular complexity index is 855. The van der Waals surface area contributed by atoms with E-state index in [0.29, 0.717) is 27.8 Å². The average Bonchev–Trinajstić information content (AvgIpc) is 3.21. The summed E-state index contributed by atoms with van der Waals surface area (Å²) in [4.78, 5) is 32.1. The smallest absolute Gasteiger partial charge is 1.00 e. The maximum absolute atomic E-state index is 14.0. The minimum absolute atomic E-state index is 0. The van der Waals surface area contributed by atoms with Crippen LogP contribution in [0.2, 0.25) is 0 Å². The molecular formula is C27H42ClN2Na2O3S+. The molecule has 1 N–H and O–H groups in total. The van der Waals surface area contributed by atoms with Crippen molar-refractivity contribution < 1.29 is 86.2 Å². The van der Waals surface area contributed by atoms with Crippen LogP contribution in [-0.2, 0) is 4.79 Å². The molecule has 1 amide bonds. The van der Waals surface area contributed by atoms with Crippen LogP contribution in [0.15, 0.2) is 6.07 Å². The van der Waals surface area contributed by atoms with Gasteiger partial charge in [0.2, 0.25) is 5.91 Å². The third kappa shape index (κ3) is 8.44. The van der Waals surface area contributed by atoms with E-state index in [0.717, 1.165) is 64.5 Å². The molecule has 0 bridgehead atoms. The zero-order valence-corrected chi connectivity index (χ0v) is 28.9. The molecule has 0 unspecified atom stereocenters. The molecule has 1 aromatic heterocycles. The molecule has 5 nitrogen and oxygen atoms in total. The van der Waals surface area contributed by atoms with Crippen molar-refractivity contribution in [2.45, 2.75) is 96.9 Å². The SMILES string of the molecule is CC1CCC(C(=O)N(c2cc(C3CCC(C)(C)CC3)sc2C(=O)O)C2CCN(C)CC2)CC1.[Cl-].[Na+].[Na+]. The topological polar surface area (TPSA) is 60.9 Å². The van der Waals surface area contributed by atoms with Crippen LogP contribution in [0, 0.1) is 17.3 Å². The summed E-state index contributed by atoms with van der Waals surface area (Å²) in [5, 5.41) is 10.1. The summed E-state index contributed by atoms with van der Waals surface area (Å²) in [6.07, 6.45) is 10.4. The van der Waals surface area contributed by atoms with E-state index < -0.39 is 5.97 Å². The monoisotopic (exact) mass is 555 g/mol. The number of aromatic carboxylic acids is 1. The van der Waals surface area contributed by atoms with Crippen molar-refractivity contribution in [2.75, 3.05) is 25.0 Å². The summed E-state index contributed by atoms with van der Waals surface area (Å²) in [5.74, 6) is 0.415. The second kappa shape index (κ2) is 15.0. The van der Waals surface area contributed by atoms with Crippen molar-refractivity contribution in [3.8, 4) is 0 Å². The van der Waals surface area contributed by atoms with Crippen molar-refractivity contribution in [3.05, 3.63) is 15.8 Å². The van der Waals surface area contributed by atoms with Crippen LogP contribution >= 0.6 is 11.3 Å². The fourth-order valence-electron chi connectivity index (χ4n) is 6.07. The molecule has 0 spiro atoms. The van der Waals surface area contributed by atoms with Crippen LogP contribution in [0.3, 0.4) is 0 Å². The second-order valence-electron chi connectivity index (χ2n) is 11.8. The van der Waals surface area contributed by atoms with Gasteiger partial charge in [0.1, 0.15) is 4.88 Å². The summed E-state index contributed by atoms with van der Waals surface area (Å²) in [5.41, 5.74) is 1.06. The van der Waals surface area contributed by atoms with Crippen LogP contribution in [0.5, 0.6) is 0 Å². The van der Waals surface area contributed by atoms with Gasteiger partial charge in [-0.1, -0.05) is 20.8 Å². The predicted octanol–water partition coefficient (Wildman–Crippen LogP) is -2.60. The van der Waals surface area contributed by atoms with Gasteiger partial charge < -0.3 is 27.3 Å². The number of likely N-dealkylation sites (tertiary alicyclic amines) is 1. The van der Waals surface area contributed by atoms with Gasteiger partial charge in [-0.3, -0.25) is 4.79 Å². The minimum Gasteiger partial charge on any atom is -1.00 e. The van der Waals surface area contributed by atoms with Crippen LogP contribution in [0.25, 0.3) is 0 Å². The average molecular weight is 556 g/mol. The number of amides is 1. The number of thiophene rings is 1. The van der Waals surface area contributed by atoms with Gasteiger partial charge in [-0.25, -0.2) is 4.79 Å². The van der Waals surface area contributed by atoms with E-state index in [1.165, 1.54) is 29.1 Å². The largest absolute Gasteiger partial charge is 1.00 e. The van der Waals surface area contributed by atoms with Gasteiger partial charge in [-0.05, 0) is 108 Å². The molecule has 1 aliphatic heterocycles. The number of piperidine rings is 1. The molecule has 192 valence electrons. The van der Waals surface area contributed by atoms with Gasteiger partial charge >= 0.3 is 65.1 Å². The molecule has 36 heavy (non-hydrogen) atoms. The number of carbonyl (C=O) groups is 2. The van der Waals surface area contributed by atoms with Crippen LogP contribution < -0.4 is 76.4 Å². The quantitative estimate of drug-likeness (QED) is 0.405. The van der Waals surface area contributed by atoms with Crippen molar-refractivity contribution in [3.63, 3.8) is 0 Å². The van der Waals surface area contributed by atoms with Crippen molar-refractivity contribution in [2.24, 2.45) is 17.3 Å². The Hall–Kier alpha value is 0.890. The number of halogens is 1. The van der Waals surface area contributed by atoms with Crippen molar-refractivity contribution >= 4 is 28.9 Å². The molecule has 0 atom stereocenters. The van der Waals surface area contributed by atoms with E-state index in [1.807, 2.05) is 4.90 Å². The first-order chi connectivity index (χ1) is 15.6. The molecule has 1 saturated heterocycles. The van der Waals surface area contributed by atoms with Gasteiger partial charge in [0, 0.05) is 16.8 Å². The van der Waals surface area contributed by atoms with Crippen molar-refractivity contribution in [1.82, 2.24) is 4.90 Å². The third-order valence-electron chi connectivity index (χ3n) is 8.58. The van der Waals surface area contributed by atoms with Crippen LogP contribution in [-0.4, -0.2) is 48.1 Å². The van der Waals surface area contributed by atoms with Gasteiger partial charge in [0.25, 0.3) is 0 Å². The van der Waals surface area contributed by atoms with E-state index in [9.17, 15) is 14.7 Å². The second-order valence-corrected chi connectivity index (χ2v) is 12.9. The molecule has 2 aliphatic carbocycles. The normalized spacial score (nSPS) is 25.1. The molecule has 0 radical (unpaired) electrons. The fourth-order valence-corrected chi connectivity index (χ4v) is 7.23. The molecule has 1 aromatic rings. The number of anilines is 1. The first-order valence-electron chi connectivity index (χ1n) is 13.0. The Morgan fingerprint density at radius 3 is 2.08 bits per heavy atom. The van der Waals surface area contributed by atoms with E-state index in [-0.39, 0.29) is 89.4 Å². The Morgan fingerprint density at radius 2 is 1.56 bits per heavy atom. The molecule has 9 heteroatoms. The number of hydrogen-bond donors (Lipinski definition) is 1. The minimum atomic E-state index is -0.889. The number of carbonyl (C=O) groups excluding carboxylic acids is 1. The maximum Gasteiger partial charge on any atom is 1.00 e. The molecule has 0 aromatic carbocycles. The Morgan fingerprint density at radius 1 is 1.00 bits per heavy atom. The molecular weight excluding hydrogens is 514 g/mol. The summed E-state index contributed by atoms with van der Waals surface area (Å²) in [6, 6.07) is 2.19. The fraction of sp³-hybridized carbons (Fsp3) is 0.778. The Kier molecular flexibility index (Phi) is 14.6. The molecule has 4 rings (SSSR count). The standard InChI is InChI=1S/C27H42N2O3S.ClH.2Na/c1-18-5-7-20(8-6-18)25(30)29(21-11-15-28(4)16-12-21)22-17-23(33-24(22)26(31)32)19-9-13-27(2,3)14-10-19;;;/h17-21H,5-16H2,1-4H3,(H,31,32);1H;;/q;;2*+1/p-1. The number of carboxylic acid groups (broad SMARTS) is 1. The molecule has 2 saturated carbocycles. The number of hydrogen-bond acceptors (Lipinski definition) is 4. The maximum atomic E-state index is 14.0. The van der Waals surface area contributed by atoms with Crippen LogP contribution in [0.1, 0.15) is 105 Å². The predicted molar refractivity (Wildman–Crippen MR) is 135 cm³/mol. The molecule has 3 fully saturated rings. The van der Waals surface area contributed by atoms with Crippen molar-refractivity contribution in [1.29, 1.82) is 0 Å². The third-order valence-corrected chi connectivity index (χ3v) is 9.86. The van der Waals surface area contributed by atoms with E-state index in [4.69, 9.17) is 0 Å². The van der Waals surface area contributed by atoms with Gasteiger partial charge in [-0.2, -0.15) is 0 Å². The first-order valence-corrected chi connectivity index (χ1v) is 13.8. The number of carboxylic acids is 1. The number of rotatable bonds is 5. The van der Waals surface area contributed by atoms with Crippen LogP contribution in [0.4, 0.5) is 5.69 Å². The Balaban J connectivity index is 0.00000216. The van der Waals surface area contributed by atoms with Gasteiger partial charge in [0.05, 0.1) is 5.69 Å². The van der Waals surface area contributed by atoms with E-state index in [2.05, 4.69) is 38.8 Å².